The lowest BCUT2D eigenvalue weighted by atomic mass is 9.86. The predicted octanol–water partition coefficient (Wildman–Crippen LogP) is 4.41. The molecule has 0 bridgehead atoms. The molecule has 186 valence electrons. The number of rotatable bonds is 6. The Kier molecular flexibility index (Phi) is 6.49. The fraction of sp³-hybridized carbons (Fsp3) is 0.704. The standard InChI is InChI=1S/C27H40N4O3/c1-19-9-11-20(12-10-19)28-26(33)27(2)18-30-22-13-16-34-24(22)17-23(30)25(32)31(27)15-14-29(3)21-7-5-4-6-8-21/h13,16-17,19-21H,4-12,14-15,18H2,1-3H3,(H,28,33)/t19?,20?,27-/m1/s1. The average molecular weight is 469 g/mol. The van der Waals surface area contributed by atoms with Crippen LogP contribution in [0.2, 0.25) is 0 Å². The van der Waals surface area contributed by atoms with Gasteiger partial charge in [0.05, 0.1) is 18.3 Å². The summed E-state index contributed by atoms with van der Waals surface area (Å²) in [5.74, 6) is 0.616. The molecule has 0 saturated heterocycles. The van der Waals surface area contributed by atoms with Crippen LogP contribution in [-0.4, -0.2) is 63.9 Å². The Morgan fingerprint density at radius 3 is 2.65 bits per heavy atom. The van der Waals surface area contributed by atoms with E-state index in [1.807, 2.05) is 28.5 Å². The molecule has 2 aliphatic carbocycles. The average Bonchev–Trinajstić information content (AvgIpc) is 3.43. The third-order valence-electron chi connectivity index (χ3n) is 8.76. The van der Waals surface area contributed by atoms with Crippen molar-refractivity contribution in [2.24, 2.45) is 5.92 Å². The highest BCUT2D eigenvalue weighted by molar-refractivity contribution is 6.02. The number of furan rings is 1. The lowest BCUT2D eigenvalue weighted by molar-refractivity contribution is -0.134. The first-order valence-corrected chi connectivity index (χ1v) is 13.3. The van der Waals surface area contributed by atoms with Crippen LogP contribution in [-0.2, 0) is 11.3 Å². The van der Waals surface area contributed by atoms with Crippen LogP contribution in [0.1, 0.15) is 82.1 Å². The molecule has 2 aromatic rings. The van der Waals surface area contributed by atoms with Crippen LogP contribution in [0.25, 0.3) is 11.1 Å². The molecule has 2 aromatic heterocycles. The van der Waals surface area contributed by atoms with Crippen molar-refractivity contribution >= 4 is 22.9 Å². The smallest absolute Gasteiger partial charge is 0.271 e. The van der Waals surface area contributed by atoms with E-state index in [9.17, 15) is 9.59 Å². The van der Waals surface area contributed by atoms with Gasteiger partial charge in [-0.25, -0.2) is 0 Å². The molecule has 7 nitrogen and oxygen atoms in total. The van der Waals surface area contributed by atoms with Crippen LogP contribution in [0.3, 0.4) is 0 Å². The van der Waals surface area contributed by atoms with Gasteiger partial charge in [0, 0.05) is 37.3 Å². The minimum atomic E-state index is -0.941. The van der Waals surface area contributed by atoms with Gasteiger partial charge in [0.15, 0.2) is 5.58 Å². The Hall–Kier alpha value is -2.28. The zero-order chi connectivity index (χ0) is 23.9. The molecular weight excluding hydrogens is 428 g/mol. The molecule has 0 spiro atoms. The van der Waals surface area contributed by atoms with Crippen LogP contribution in [0, 0.1) is 5.92 Å². The second kappa shape index (κ2) is 9.40. The fourth-order valence-electron chi connectivity index (χ4n) is 6.33. The molecule has 2 amide bonds. The molecule has 0 aromatic carbocycles. The molecule has 1 aliphatic heterocycles. The number of nitrogens with one attached hydrogen (secondary N) is 1. The van der Waals surface area contributed by atoms with Crippen LogP contribution >= 0.6 is 0 Å². The van der Waals surface area contributed by atoms with Crippen molar-refractivity contribution in [1.82, 2.24) is 19.7 Å². The van der Waals surface area contributed by atoms with Gasteiger partial charge in [-0.3, -0.25) is 9.59 Å². The number of carbonyl (C=O) groups is 2. The maximum Gasteiger partial charge on any atom is 0.271 e. The van der Waals surface area contributed by atoms with Gasteiger partial charge in [-0.15, -0.1) is 0 Å². The Bertz CT molecular complexity index is 1030. The van der Waals surface area contributed by atoms with E-state index in [2.05, 4.69) is 24.2 Å². The fourth-order valence-corrected chi connectivity index (χ4v) is 6.33. The monoisotopic (exact) mass is 468 g/mol. The van der Waals surface area contributed by atoms with Crippen molar-refractivity contribution < 1.29 is 14.0 Å². The number of nitrogens with zero attached hydrogens (tertiary/aromatic N) is 3. The maximum absolute atomic E-state index is 13.8. The van der Waals surface area contributed by atoms with E-state index in [-0.39, 0.29) is 17.9 Å². The SMILES string of the molecule is CC1CCC(NC(=O)[C@@]2(C)Cn3c(cc4occc43)C(=O)N2CCN(C)C2CCCCC2)CC1. The Morgan fingerprint density at radius 1 is 1.18 bits per heavy atom. The normalized spacial score (nSPS) is 28.5. The summed E-state index contributed by atoms with van der Waals surface area (Å²) in [7, 11) is 2.17. The first kappa shape index (κ1) is 23.5. The summed E-state index contributed by atoms with van der Waals surface area (Å²) < 4.78 is 7.57. The summed E-state index contributed by atoms with van der Waals surface area (Å²) in [6, 6.07) is 4.49. The quantitative estimate of drug-likeness (QED) is 0.682. The second-order valence-electron chi connectivity index (χ2n) is 11.2. The Morgan fingerprint density at radius 2 is 1.91 bits per heavy atom. The summed E-state index contributed by atoms with van der Waals surface area (Å²) in [4.78, 5) is 31.8. The topological polar surface area (TPSA) is 70.7 Å². The third-order valence-corrected chi connectivity index (χ3v) is 8.76. The minimum absolute atomic E-state index is 0.0308. The van der Waals surface area contributed by atoms with Crippen molar-refractivity contribution in [3.8, 4) is 0 Å². The first-order chi connectivity index (χ1) is 16.4. The molecule has 0 radical (unpaired) electrons. The molecule has 3 aliphatic rings. The van der Waals surface area contributed by atoms with E-state index in [1.165, 1.54) is 32.1 Å². The highest BCUT2D eigenvalue weighted by atomic mass is 16.3. The van der Waals surface area contributed by atoms with Gasteiger partial charge in [-0.2, -0.15) is 0 Å². The molecule has 3 heterocycles. The first-order valence-electron chi connectivity index (χ1n) is 13.3. The van der Waals surface area contributed by atoms with Gasteiger partial charge in [0.1, 0.15) is 11.2 Å². The number of likely N-dealkylation sites (N-methyl/N-ethyl adjacent to an activating group) is 1. The number of hydrogen-bond acceptors (Lipinski definition) is 4. The predicted molar refractivity (Wildman–Crippen MR) is 133 cm³/mol. The summed E-state index contributed by atoms with van der Waals surface area (Å²) in [5.41, 5.74) is 1.26. The van der Waals surface area contributed by atoms with Gasteiger partial charge < -0.3 is 24.1 Å². The summed E-state index contributed by atoms with van der Waals surface area (Å²) in [5, 5.41) is 3.33. The number of hydrogen-bond donors (Lipinski definition) is 1. The molecule has 2 saturated carbocycles. The molecule has 0 unspecified atom stereocenters. The molecule has 34 heavy (non-hydrogen) atoms. The molecule has 1 N–H and O–H groups in total. The van der Waals surface area contributed by atoms with Crippen LogP contribution in [0.15, 0.2) is 22.8 Å². The Labute approximate surface area is 202 Å². The zero-order valence-electron chi connectivity index (χ0n) is 21.0. The van der Waals surface area contributed by atoms with E-state index in [4.69, 9.17) is 4.42 Å². The van der Waals surface area contributed by atoms with Gasteiger partial charge in [0.25, 0.3) is 5.91 Å². The lowest BCUT2D eigenvalue weighted by Crippen LogP contribution is -2.66. The summed E-state index contributed by atoms with van der Waals surface area (Å²) in [6.45, 7) is 5.99. The lowest BCUT2D eigenvalue weighted by Gasteiger charge is -2.45. The molecule has 5 rings (SSSR count). The largest absolute Gasteiger partial charge is 0.463 e. The third kappa shape index (κ3) is 4.28. The maximum atomic E-state index is 13.8. The molecule has 7 heteroatoms. The number of fused-ring (bicyclic) bond motifs is 3. The van der Waals surface area contributed by atoms with E-state index >= 15 is 0 Å². The Balaban J connectivity index is 1.39. The zero-order valence-corrected chi connectivity index (χ0v) is 21.0. The van der Waals surface area contributed by atoms with E-state index in [1.54, 1.807) is 6.26 Å². The number of aromatic nitrogens is 1. The number of amides is 2. The van der Waals surface area contributed by atoms with Crippen molar-refractivity contribution in [3.05, 3.63) is 24.1 Å². The van der Waals surface area contributed by atoms with Gasteiger partial charge in [0.2, 0.25) is 5.91 Å². The molecule has 1 atom stereocenters. The van der Waals surface area contributed by atoms with Crippen molar-refractivity contribution in [1.29, 1.82) is 0 Å². The van der Waals surface area contributed by atoms with E-state index < -0.39 is 5.54 Å². The van der Waals surface area contributed by atoms with Crippen molar-refractivity contribution in [2.45, 2.75) is 95.8 Å². The van der Waals surface area contributed by atoms with Crippen LogP contribution in [0.4, 0.5) is 0 Å². The van der Waals surface area contributed by atoms with E-state index in [0.29, 0.717) is 30.4 Å². The van der Waals surface area contributed by atoms with Crippen molar-refractivity contribution in [3.63, 3.8) is 0 Å². The summed E-state index contributed by atoms with van der Waals surface area (Å²) >= 11 is 0. The molecule has 2 fully saturated rings. The summed E-state index contributed by atoms with van der Waals surface area (Å²) in [6.07, 6.45) is 12.3. The van der Waals surface area contributed by atoms with Gasteiger partial charge in [-0.05, 0) is 58.4 Å². The minimum Gasteiger partial charge on any atom is -0.463 e. The van der Waals surface area contributed by atoms with Crippen molar-refractivity contribution in [2.75, 3.05) is 20.1 Å². The molecular formula is C27H40N4O3. The number of carbonyl (C=O) groups excluding carboxylic acids is 2. The van der Waals surface area contributed by atoms with Gasteiger partial charge >= 0.3 is 0 Å². The van der Waals surface area contributed by atoms with E-state index in [0.717, 1.165) is 43.7 Å². The van der Waals surface area contributed by atoms with Crippen LogP contribution in [0.5, 0.6) is 0 Å². The van der Waals surface area contributed by atoms with Crippen LogP contribution < -0.4 is 5.32 Å². The highest BCUT2D eigenvalue weighted by Gasteiger charge is 2.48. The highest BCUT2D eigenvalue weighted by Crippen LogP contribution is 2.34. The van der Waals surface area contributed by atoms with Gasteiger partial charge in [-0.1, -0.05) is 26.2 Å². The second-order valence-corrected chi connectivity index (χ2v) is 11.2.